The molecular formula is C14H13Cl2NOS. The number of hydrogen-bond donors (Lipinski definition) is 0. The molecule has 0 aliphatic carbocycles. The van der Waals surface area contributed by atoms with Gasteiger partial charge in [-0.15, -0.1) is 11.3 Å². The maximum absolute atomic E-state index is 12.1. The van der Waals surface area contributed by atoms with Crippen molar-refractivity contribution in [2.24, 2.45) is 0 Å². The number of benzene rings is 1. The molecule has 0 saturated heterocycles. The van der Waals surface area contributed by atoms with Crippen molar-refractivity contribution in [3.8, 4) is 0 Å². The molecule has 1 aromatic heterocycles. The van der Waals surface area contributed by atoms with Crippen molar-refractivity contribution >= 4 is 40.4 Å². The van der Waals surface area contributed by atoms with Gasteiger partial charge >= 0.3 is 0 Å². The highest BCUT2D eigenvalue weighted by Gasteiger charge is 2.12. The molecule has 100 valence electrons. The van der Waals surface area contributed by atoms with E-state index in [-0.39, 0.29) is 5.91 Å². The summed E-state index contributed by atoms with van der Waals surface area (Å²) in [4.78, 5) is 14.9. The molecule has 1 heterocycles. The van der Waals surface area contributed by atoms with Gasteiger partial charge in [-0.3, -0.25) is 4.79 Å². The summed E-state index contributed by atoms with van der Waals surface area (Å²) >= 11 is 13.4. The zero-order valence-corrected chi connectivity index (χ0v) is 12.7. The van der Waals surface area contributed by atoms with E-state index in [4.69, 9.17) is 23.2 Å². The lowest BCUT2D eigenvalue weighted by Gasteiger charge is -2.16. The molecule has 0 bridgehead atoms. The first-order chi connectivity index (χ1) is 9.06. The van der Waals surface area contributed by atoms with Gasteiger partial charge in [0.1, 0.15) is 0 Å². The van der Waals surface area contributed by atoms with Crippen LogP contribution in [0, 0.1) is 0 Å². The lowest BCUT2D eigenvalue weighted by Crippen LogP contribution is -2.27. The number of thiophene rings is 1. The highest BCUT2D eigenvalue weighted by Crippen LogP contribution is 2.23. The standard InChI is InChI=1S/C14H13Cl2NOS/c1-17(9-11-6-7-13(16)19-11)14(18)8-10-4-2-3-5-12(10)15/h2-7H,8-9H2,1H3. The van der Waals surface area contributed by atoms with Crippen molar-refractivity contribution in [2.45, 2.75) is 13.0 Å². The second kappa shape index (κ2) is 6.42. The summed E-state index contributed by atoms with van der Waals surface area (Å²) in [7, 11) is 1.78. The van der Waals surface area contributed by atoms with Crippen molar-refractivity contribution < 1.29 is 4.79 Å². The lowest BCUT2D eigenvalue weighted by molar-refractivity contribution is -0.129. The summed E-state index contributed by atoms with van der Waals surface area (Å²) in [6, 6.07) is 11.2. The summed E-state index contributed by atoms with van der Waals surface area (Å²) < 4.78 is 0.738. The molecule has 1 aromatic carbocycles. The minimum atomic E-state index is 0.0395. The van der Waals surface area contributed by atoms with Gasteiger partial charge in [-0.05, 0) is 23.8 Å². The van der Waals surface area contributed by atoms with Crippen LogP contribution in [-0.2, 0) is 17.8 Å². The highest BCUT2D eigenvalue weighted by molar-refractivity contribution is 7.16. The van der Waals surface area contributed by atoms with Gasteiger partial charge in [-0.1, -0.05) is 41.4 Å². The van der Waals surface area contributed by atoms with Crippen LogP contribution in [0.15, 0.2) is 36.4 Å². The molecular weight excluding hydrogens is 301 g/mol. The largest absolute Gasteiger partial charge is 0.340 e. The number of carbonyl (C=O) groups excluding carboxylic acids is 1. The number of amides is 1. The molecule has 0 fully saturated rings. The average molecular weight is 314 g/mol. The summed E-state index contributed by atoms with van der Waals surface area (Å²) in [6.45, 7) is 0.570. The van der Waals surface area contributed by atoms with Crippen LogP contribution in [0.4, 0.5) is 0 Å². The van der Waals surface area contributed by atoms with E-state index in [0.717, 1.165) is 14.8 Å². The first-order valence-corrected chi connectivity index (χ1v) is 7.35. The van der Waals surface area contributed by atoms with Crippen molar-refractivity contribution in [3.05, 3.63) is 56.2 Å². The van der Waals surface area contributed by atoms with Crippen LogP contribution < -0.4 is 0 Å². The topological polar surface area (TPSA) is 20.3 Å². The Morgan fingerprint density at radius 3 is 2.58 bits per heavy atom. The molecule has 0 spiro atoms. The van der Waals surface area contributed by atoms with Crippen LogP contribution in [-0.4, -0.2) is 17.9 Å². The molecule has 2 rings (SSSR count). The second-order valence-corrected chi connectivity index (χ2v) is 6.43. The molecule has 5 heteroatoms. The summed E-state index contributed by atoms with van der Waals surface area (Å²) in [5, 5.41) is 0.628. The van der Waals surface area contributed by atoms with E-state index in [9.17, 15) is 4.79 Å². The number of nitrogens with zero attached hydrogens (tertiary/aromatic N) is 1. The molecule has 19 heavy (non-hydrogen) atoms. The van der Waals surface area contributed by atoms with Gasteiger partial charge in [0.25, 0.3) is 0 Å². The van der Waals surface area contributed by atoms with Crippen LogP contribution in [0.5, 0.6) is 0 Å². The van der Waals surface area contributed by atoms with Gasteiger partial charge in [0.2, 0.25) is 5.91 Å². The Morgan fingerprint density at radius 1 is 1.21 bits per heavy atom. The van der Waals surface area contributed by atoms with Crippen molar-refractivity contribution in [2.75, 3.05) is 7.05 Å². The fraction of sp³-hybridized carbons (Fsp3) is 0.214. The van der Waals surface area contributed by atoms with Gasteiger partial charge in [0.05, 0.1) is 17.3 Å². The molecule has 0 radical (unpaired) electrons. The molecule has 1 amide bonds. The van der Waals surface area contributed by atoms with Gasteiger partial charge in [-0.2, -0.15) is 0 Å². The molecule has 0 N–H and O–H groups in total. The van der Waals surface area contributed by atoms with Gasteiger partial charge in [0.15, 0.2) is 0 Å². The van der Waals surface area contributed by atoms with Crippen LogP contribution in [0.25, 0.3) is 0 Å². The SMILES string of the molecule is CN(Cc1ccc(Cl)s1)C(=O)Cc1ccccc1Cl. The quantitative estimate of drug-likeness (QED) is 0.826. The first kappa shape index (κ1) is 14.4. The second-order valence-electron chi connectivity index (χ2n) is 4.22. The van der Waals surface area contributed by atoms with E-state index in [1.165, 1.54) is 11.3 Å². The maximum atomic E-state index is 12.1. The fourth-order valence-corrected chi connectivity index (χ4v) is 3.04. The first-order valence-electron chi connectivity index (χ1n) is 5.78. The summed E-state index contributed by atoms with van der Waals surface area (Å²) in [5.74, 6) is 0.0395. The monoisotopic (exact) mass is 313 g/mol. The third-order valence-electron chi connectivity index (χ3n) is 2.75. The predicted molar refractivity (Wildman–Crippen MR) is 81.0 cm³/mol. The summed E-state index contributed by atoms with van der Waals surface area (Å²) in [5.41, 5.74) is 0.852. The van der Waals surface area contributed by atoms with E-state index in [1.54, 1.807) is 18.0 Å². The Hall–Kier alpha value is -1.03. The Balaban J connectivity index is 1.98. The van der Waals surface area contributed by atoms with Crippen molar-refractivity contribution in [1.82, 2.24) is 4.90 Å². The molecule has 0 aliphatic rings. The Kier molecular flexibility index (Phi) is 4.86. The van der Waals surface area contributed by atoms with Crippen molar-refractivity contribution in [3.63, 3.8) is 0 Å². The molecule has 0 atom stereocenters. The van der Waals surface area contributed by atoms with Crippen LogP contribution in [0.1, 0.15) is 10.4 Å². The summed E-state index contributed by atoms with van der Waals surface area (Å²) in [6.07, 6.45) is 0.315. The maximum Gasteiger partial charge on any atom is 0.227 e. The number of halogens is 2. The third kappa shape index (κ3) is 3.96. The Labute approximate surface area is 126 Å². The molecule has 0 unspecified atom stereocenters. The van der Waals surface area contributed by atoms with E-state index in [0.29, 0.717) is 18.0 Å². The highest BCUT2D eigenvalue weighted by atomic mass is 35.5. The third-order valence-corrected chi connectivity index (χ3v) is 4.33. The fourth-order valence-electron chi connectivity index (χ4n) is 1.70. The average Bonchev–Trinajstić information content (AvgIpc) is 2.77. The van der Waals surface area contributed by atoms with E-state index < -0.39 is 0 Å². The minimum Gasteiger partial charge on any atom is -0.340 e. The minimum absolute atomic E-state index is 0.0395. The normalized spacial score (nSPS) is 10.5. The van der Waals surface area contributed by atoms with Crippen LogP contribution in [0.3, 0.4) is 0 Å². The number of rotatable bonds is 4. The lowest BCUT2D eigenvalue weighted by atomic mass is 10.1. The van der Waals surface area contributed by atoms with Gasteiger partial charge in [-0.25, -0.2) is 0 Å². The van der Waals surface area contributed by atoms with Crippen LogP contribution >= 0.6 is 34.5 Å². The van der Waals surface area contributed by atoms with Crippen LogP contribution in [0.2, 0.25) is 9.36 Å². The van der Waals surface area contributed by atoms with E-state index >= 15 is 0 Å². The molecule has 0 aliphatic heterocycles. The predicted octanol–water partition coefficient (Wildman–Crippen LogP) is 4.26. The van der Waals surface area contributed by atoms with E-state index in [2.05, 4.69) is 0 Å². The number of likely N-dealkylation sites (N-methyl/N-ethyl adjacent to an activating group) is 1. The zero-order valence-electron chi connectivity index (χ0n) is 10.4. The molecule has 2 aromatic rings. The van der Waals surface area contributed by atoms with Gasteiger partial charge in [0, 0.05) is 16.9 Å². The zero-order chi connectivity index (χ0) is 13.8. The van der Waals surface area contributed by atoms with Gasteiger partial charge < -0.3 is 4.90 Å². The van der Waals surface area contributed by atoms with E-state index in [1.807, 2.05) is 30.3 Å². The Bertz CT molecular complexity index is 582. The Morgan fingerprint density at radius 2 is 1.95 bits per heavy atom. The van der Waals surface area contributed by atoms with Crippen molar-refractivity contribution in [1.29, 1.82) is 0 Å². The molecule has 2 nitrogen and oxygen atoms in total. The molecule has 0 saturated carbocycles. The number of hydrogen-bond acceptors (Lipinski definition) is 2. The number of carbonyl (C=O) groups is 1. The smallest absolute Gasteiger partial charge is 0.227 e.